The third kappa shape index (κ3) is 1.92. The number of alkyl halides is 1. The fraction of sp³-hybridized carbons (Fsp3) is 1.00. The predicted molar refractivity (Wildman–Crippen MR) is 37.6 cm³/mol. The first kappa shape index (κ1) is 7.95. The lowest BCUT2D eigenvalue weighted by molar-refractivity contribution is -0.0667. The second kappa shape index (κ2) is 2.84. The average molecular weight is 147 g/mol. The monoisotopic (exact) mass is 147 g/mol. The van der Waals surface area contributed by atoms with Crippen LogP contribution < -0.4 is 0 Å². The molecule has 2 nitrogen and oxygen atoms in total. The summed E-state index contributed by atoms with van der Waals surface area (Å²) in [5.41, 5.74) is 0. The summed E-state index contributed by atoms with van der Waals surface area (Å²) in [6.45, 7) is 5.91. The van der Waals surface area contributed by atoms with Crippen LogP contribution in [0.2, 0.25) is 0 Å². The molecular formula is C7H14FNO. The van der Waals surface area contributed by atoms with Gasteiger partial charge in [0.25, 0.3) is 0 Å². The van der Waals surface area contributed by atoms with Crippen molar-refractivity contribution in [3.05, 3.63) is 0 Å². The lowest BCUT2D eigenvalue weighted by Crippen LogP contribution is -2.47. The second-order valence-corrected chi connectivity index (χ2v) is 3.01. The molecule has 0 atom stereocenters. The van der Waals surface area contributed by atoms with Crippen LogP contribution in [-0.2, 0) is 4.74 Å². The maximum absolute atomic E-state index is 13.1. The molecule has 0 aliphatic carbocycles. The molecule has 1 aliphatic rings. The quantitative estimate of drug-likeness (QED) is 0.513. The van der Waals surface area contributed by atoms with Crippen LogP contribution in [0.4, 0.5) is 4.39 Å². The van der Waals surface area contributed by atoms with Crippen LogP contribution in [0.1, 0.15) is 13.8 Å². The van der Waals surface area contributed by atoms with Crippen LogP contribution in [0, 0.1) is 0 Å². The topological polar surface area (TPSA) is 12.5 Å². The third-order valence-electron chi connectivity index (χ3n) is 1.76. The number of nitrogens with zero attached hydrogens (tertiary/aromatic N) is 1. The van der Waals surface area contributed by atoms with Crippen LogP contribution in [0.25, 0.3) is 0 Å². The normalized spacial score (nSPS) is 23.1. The molecule has 0 unspecified atom stereocenters. The van der Waals surface area contributed by atoms with Crippen LogP contribution in [0.3, 0.4) is 0 Å². The highest BCUT2D eigenvalue weighted by atomic mass is 19.1. The fourth-order valence-corrected chi connectivity index (χ4v) is 1.10. The molecule has 0 amide bonds. The van der Waals surface area contributed by atoms with E-state index in [2.05, 4.69) is 0 Å². The molecule has 0 N–H and O–H groups in total. The van der Waals surface area contributed by atoms with Crippen molar-refractivity contribution in [2.75, 3.05) is 26.3 Å². The Bertz CT molecular complexity index is 105. The van der Waals surface area contributed by atoms with Crippen LogP contribution in [0.5, 0.6) is 0 Å². The Labute approximate surface area is 61.0 Å². The number of rotatable bonds is 1. The minimum absolute atomic E-state index is 0.660. The summed E-state index contributed by atoms with van der Waals surface area (Å²) in [5, 5.41) is 0. The van der Waals surface area contributed by atoms with Gasteiger partial charge in [0.1, 0.15) is 0 Å². The highest BCUT2D eigenvalue weighted by Gasteiger charge is 2.26. The van der Waals surface area contributed by atoms with E-state index in [4.69, 9.17) is 4.74 Å². The molecule has 1 heterocycles. The van der Waals surface area contributed by atoms with E-state index in [1.807, 2.05) is 0 Å². The van der Waals surface area contributed by atoms with Crippen molar-refractivity contribution in [3.63, 3.8) is 0 Å². The first-order valence-corrected chi connectivity index (χ1v) is 3.62. The Morgan fingerprint density at radius 3 is 2.10 bits per heavy atom. The van der Waals surface area contributed by atoms with Gasteiger partial charge in [0.15, 0.2) is 5.79 Å². The highest BCUT2D eigenvalue weighted by molar-refractivity contribution is 4.71. The summed E-state index contributed by atoms with van der Waals surface area (Å²) >= 11 is 0. The first-order valence-electron chi connectivity index (χ1n) is 3.62. The summed E-state index contributed by atoms with van der Waals surface area (Å²) in [7, 11) is 0. The summed E-state index contributed by atoms with van der Waals surface area (Å²) in [6, 6.07) is 0. The molecule has 0 radical (unpaired) electrons. The van der Waals surface area contributed by atoms with Gasteiger partial charge in [0.05, 0.1) is 13.2 Å². The molecule has 0 aromatic rings. The van der Waals surface area contributed by atoms with Gasteiger partial charge in [-0.25, -0.2) is 4.39 Å². The van der Waals surface area contributed by atoms with Crippen molar-refractivity contribution in [3.8, 4) is 0 Å². The van der Waals surface area contributed by atoms with E-state index in [9.17, 15) is 4.39 Å². The molecule has 1 fully saturated rings. The number of hydrogen-bond acceptors (Lipinski definition) is 2. The maximum Gasteiger partial charge on any atom is 0.158 e. The molecule has 0 spiro atoms. The minimum atomic E-state index is -1.18. The largest absolute Gasteiger partial charge is 0.379 e. The third-order valence-corrected chi connectivity index (χ3v) is 1.76. The van der Waals surface area contributed by atoms with Gasteiger partial charge < -0.3 is 4.74 Å². The first-order chi connectivity index (χ1) is 4.61. The Morgan fingerprint density at radius 2 is 1.80 bits per heavy atom. The van der Waals surface area contributed by atoms with E-state index in [0.29, 0.717) is 26.3 Å². The zero-order valence-electron chi connectivity index (χ0n) is 6.56. The van der Waals surface area contributed by atoms with E-state index in [0.717, 1.165) is 0 Å². The zero-order valence-corrected chi connectivity index (χ0v) is 6.56. The molecular weight excluding hydrogens is 133 g/mol. The molecule has 60 valence electrons. The van der Waals surface area contributed by atoms with Gasteiger partial charge in [-0.15, -0.1) is 0 Å². The maximum atomic E-state index is 13.1. The van der Waals surface area contributed by atoms with Crippen LogP contribution >= 0.6 is 0 Å². The van der Waals surface area contributed by atoms with E-state index in [1.54, 1.807) is 18.7 Å². The van der Waals surface area contributed by atoms with Crippen molar-refractivity contribution in [1.29, 1.82) is 0 Å². The second-order valence-electron chi connectivity index (χ2n) is 3.01. The minimum Gasteiger partial charge on any atom is -0.379 e. The molecule has 0 saturated carbocycles. The van der Waals surface area contributed by atoms with Crippen molar-refractivity contribution < 1.29 is 9.13 Å². The van der Waals surface area contributed by atoms with E-state index < -0.39 is 5.79 Å². The smallest absolute Gasteiger partial charge is 0.158 e. The Morgan fingerprint density at radius 1 is 1.30 bits per heavy atom. The van der Waals surface area contributed by atoms with Gasteiger partial charge in [0.2, 0.25) is 0 Å². The molecule has 1 saturated heterocycles. The van der Waals surface area contributed by atoms with Gasteiger partial charge in [-0.3, -0.25) is 4.90 Å². The molecule has 0 bridgehead atoms. The van der Waals surface area contributed by atoms with Crippen molar-refractivity contribution >= 4 is 0 Å². The van der Waals surface area contributed by atoms with E-state index >= 15 is 0 Å². The van der Waals surface area contributed by atoms with Gasteiger partial charge in [-0.2, -0.15) is 0 Å². The average Bonchev–Trinajstić information content (AvgIpc) is 1.88. The molecule has 0 aromatic heterocycles. The molecule has 10 heavy (non-hydrogen) atoms. The van der Waals surface area contributed by atoms with Crippen molar-refractivity contribution in [2.45, 2.75) is 19.6 Å². The summed E-state index contributed by atoms with van der Waals surface area (Å²) < 4.78 is 18.2. The van der Waals surface area contributed by atoms with Gasteiger partial charge in [-0.05, 0) is 13.8 Å². The SMILES string of the molecule is CC(C)(F)N1CCOCC1. The summed E-state index contributed by atoms with van der Waals surface area (Å²) in [6.07, 6.45) is 0. The number of morpholine rings is 1. The predicted octanol–water partition coefficient (Wildman–Crippen LogP) is 1.02. The van der Waals surface area contributed by atoms with Crippen molar-refractivity contribution in [2.24, 2.45) is 0 Å². The van der Waals surface area contributed by atoms with Gasteiger partial charge in [-0.1, -0.05) is 0 Å². The number of hydrogen-bond donors (Lipinski definition) is 0. The van der Waals surface area contributed by atoms with E-state index in [-0.39, 0.29) is 0 Å². The Hall–Kier alpha value is -0.150. The number of ether oxygens (including phenoxy) is 1. The van der Waals surface area contributed by atoms with E-state index in [1.165, 1.54) is 0 Å². The van der Waals surface area contributed by atoms with Gasteiger partial charge in [0, 0.05) is 13.1 Å². The summed E-state index contributed by atoms with van der Waals surface area (Å²) in [4.78, 5) is 1.79. The Balaban J connectivity index is 2.39. The van der Waals surface area contributed by atoms with Crippen LogP contribution in [0.15, 0.2) is 0 Å². The van der Waals surface area contributed by atoms with Crippen molar-refractivity contribution in [1.82, 2.24) is 4.90 Å². The standard InChI is InChI=1S/C7H14FNO/c1-7(2,8)9-3-5-10-6-4-9/h3-6H2,1-2H3. The highest BCUT2D eigenvalue weighted by Crippen LogP contribution is 2.16. The lowest BCUT2D eigenvalue weighted by Gasteiger charge is -2.34. The Kier molecular flexibility index (Phi) is 2.26. The molecule has 1 rings (SSSR count). The fourth-order valence-electron chi connectivity index (χ4n) is 1.10. The number of halogens is 1. The van der Waals surface area contributed by atoms with Crippen LogP contribution in [-0.4, -0.2) is 37.0 Å². The zero-order chi connectivity index (χ0) is 7.61. The lowest BCUT2D eigenvalue weighted by atomic mass is 10.2. The molecule has 3 heteroatoms. The molecule has 0 aromatic carbocycles. The summed E-state index contributed by atoms with van der Waals surface area (Å²) in [5.74, 6) is -1.18. The van der Waals surface area contributed by atoms with Gasteiger partial charge >= 0.3 is 0 Å². The molecule has 1 aliphatic heterocycles.